The summed E-state index contributed by atoms with van der Waals surface area (Å²) in [6, 6.07) is 11.9. The van der Waals surface area contributed by atoms with Crippen molar-refractivity contribution in [3.05, 3.63) is 105 Å². The van der Waals surface area contributed by atoms with E-state index in [-0.39, 0.29) is 23.6 Å². The summed E-state index contributed by atoms with van der Waals surface area (Å²) in [5.74, 6) is 1.30. The lowest BCUT2D eigenvalue weighted by atomic mass is 9.97. The van der Waals surface area contributed by atoms with Crippen LogP contribution in [-0.2, 0) is 6.54 Å². The number of nitrogens with zero attached hydrogens (tertiary/aromatic N) is 1. The molecular formula is C28H25NO6. The molecule has 1 amide bonds. The number of rotatable bonds is 7. The molecule has 3 heterocycles. The summed E-state index contributed by atoms with van der Waals surface area (Å²) in [5, 5.41) is 0.447. The molecule has 7 nitrogen and oxygen atoms in total. The van der Waals surface area contributed by atoms with Crippen LogP contribution in [0.5, 0.6) is 11.5 Å². The van der Waals surface area contributed by atoms with Crippen LogP contribution in [0.3, 0.4) is 0 Å². The number of fused-ring (bicyclic) bond motifs is 2. The molecule has 0 fully saturated rings. The molecule has 1 unspecified atom stereocenters. The monoisotopic (exact) mass is 471 g/mol. The Labute approximate surface area is 202 Å². The maximum absolute atomic E-state index is 13.8. The Morgan fingerprint density at radius 2 is 1.89 bits per heavy atom. The summed E-state index contributed by atoms with van der Waals surface area (Å²) >= 11 is 0. The van der Waals surface area contributed by atoms with Gasteiger partial charge in [0.1, 0.15) is 18.0 Å². The Morgan fingerprint density at radius 1 is 1.09 bits per heavy atom. The summed E-state index contributed by atoms with van der Waals surface area (Å²) in [6.07, 6.45) is 3.19. The molecule has 5 rings (SSSR count). The third kappa shape index (κ3) is 3.79. The summed E-state index contributed by atoms with van der Waals surface area (Å²) in [7, 11) is 1.54. The average molecular weight is 472 g/mol. The van der Waals surface area contributed by atoms with Crippen LogP contribution in [0.25, 0.3) is 11.0 Å². The minimum absolute atomic E-state index is 0.0493. The third-order valence-corrected chi connectivity index (χ3v) is 6.35. The maximum atomic E-state index is 13.8. The number of aryl methyl sites for hydroxylation is 2. The largest absolute Gasteiger partial charge is 0.493 e. The fraction of sp³-hybridized carbons (Fsp3) is 0.214. The Morgan fingerprint density at radius 3 is 2.60 bits per heavy atom. The first-order chi connectivity index (χ1) is 16.9. The molecule has 1 atom stereocenters. The molecule has 0 radical (unpaired) electrons. The zero-order valence-electron chi connectivity index (χ0n) is 19.8. The van der Waals surface area contributed by atoms with Gasteiger partial charge in [-0.1, -0.05) is 18.7 Å². The van der Waals surface area contributed by atoms with Gasteiger partial charge in [0.25, 0.3) is 5.91 Å². The van der Waals surface area contributed by atoms with Gasteiger partial charge in [0.05, 0.1) is 36.9 Å². The number of carbonyl (C=O) groups is 1. The molecule has 2 aromatic heterocycles. The second kappa shape index (κ2) is 8.83. The van der Waals surface area contributed by atoms with Crippen LogP contribution in [0.15, 0.2) is 75.0 Å². The lowest BCUT2D eigenvalue weighted by Gasteiger charge is -2.25. The predicted octanol–water partition coefficient (Wildman–Crippen LogP) is 5.32. The van der Waals surface area contributed by atoms with Crippen molar-refractivity contribution in [2.45, 2.75) is 26.4 Å². The van der Waals surface area contributed by atoms with E-state index in [0.29, 0.717) is 46.0 Å². The normalized spacial score (nSPS) is 14.9. The highest BCUT2D eigenvalue weighted by molar-refractivity contribution is 5.99. The molecule has 0 saturated heterocycles. The smallest absolute Gasteiger partial charge is 0.291 e. The predicted molar refractivity (Wildman–Crippen MR) is 131 cm³/mol. The van der Waals surface area contributed by atoms with Crippen LogP contribution in [0.4, 0.5) is 0 Å². The maximum Gasteiger partial charge on any atom is 0.291 e. The van der Waals surface area contributed by atoms with Crippen molar-refractivity contribution in [1.82, 2.24) is 4.90 Å². The van der Waals surface area contributed by atoms with Gasteiger partial charge in [-0.3, -0.25) is 9.59 Å². The first-order valence-corrected chi connectivity index (χ1v) is 11.3. The minimum atomic E-state index is -0.688. The van der Waals surface area contributed by atoms with Gasteiger partial charge in [0.15, 0.2) is 16.9 Å². The molecule has 0 aliphatic carbocycles. The molecule has 7 heteroatoms. The molecule has 1 aliphatic heterocycles. The van der Waals surface area contributed by atoms with Gasteiger partial charge in [-0.05, 0) is 66.9 Å². The molecule has 0 spiro atoms. The lowest BCUT2D eigenvalue weighted by Crippen LogP contribution is -2.29. The molecule has 0 N–H and O–H groups in total. The number of ether oxygens (including phenoxy) is 2. The molecule has 1 aliphatic rings. The van der Waals surface area contributed by atoms with Crippen molar-refractivity contribution in [3.8, 4) is 11.5 Å². The van der Waals surface area contributed by atoms with Gasteiger partial charge in [0.2, 0.25) is 5.76 Å². The highest BCUT2D eigenvalue weighted by atomic mass is 16.5. The van der Waals surface area contributed by atoms with Gasteiger partial charge in [-0.25, -0.2) is 0 Å². The standard InChI is InChI=1S/C28H25NO6/c1-5-10-34-21-9-8-18(14-23(21)32-4)25-24-26(30)20-12-16(2)17(3)13-22(20)35-27(24)28(31)29(25)15-19-7-6-11-33-19/h5-9,11-14,25H,1,10,15H2,2-4H3. The van der Waals surface area contributed by atoms with E-state index in [2.05, 4.69) is 6.58 Å². The van der Waals surface area contributed by atoms with Crippen LogP contribution in [0, 0.1) is 13.8 Å². The zero-order valence-corrected chi connectivity index (χ0v) is 19.8. The van der Waals surface area contributed by atoms with E-state index in [1.54, 1.807) is 54.7 Å². The molecule has 178 valence electrons. The van der Waals surface area contributed by atoms with E-state index in [0.717, 1.165) is 11.1 Å². The van der Waals surface area contributed by atoms with Crippen LogP contribution >= 0.6 is 0 Å². The number of amides is 1. The first kappa shape index (κ1) is 22.5. The third-order valence-electron chi connectivity index (χ3n) is 6.35. The molecule has 4 aromatic rings. The van der Waals surface area contributed by atoms with E-state index >= 15 is 0 Å². The topological polar surface area (TPSA) is 82.1 Å². The van der Waals surface area contributed by atoms with E-state index < -0.39 is 6.04 Å². The quantitative estimate of drug-likeness (QED) is 0.339. The van der Waals surface area contributed by atoms with E-state index in [9.17, 15) is 9.59 Å². The van der Waals surface area contributed by atoms with Gasteiger partial charge in [-0.2, -0.15) is 0 Å². The Hall–Kier alpha value is -4.26. The molecule has 0 saturated carbocycles. The van der Waals surface area contributed by atoms with E-state index in [1.807, 2.05) is 26.0 Å². The molecule has 35 heavy (non-hydrogen) atoms. The van der Waals surface area contributed by atoms with Crippen molar-refractivity contribution in [1.29, 1.82) is 0 Å². The molecule has 0 bridgehead atoms. The van der Waals surface area contributed by atoms with Crippen molar-refractivity contribution in [2.24, 2.45) is 0 Å². The van der Waals surface area contributed by atoms with E-state index in [4.69, 9.17) is 18.3 Å². The number of benzene rings is 2. The fourth-order valence-electron chi connectivity index (χ4n) is 4.48. The lowest BCUT2D eigenvalue weighted by molar-refractivity contribution is 0.0701. The summed E-state index contributed by atoms with van der Waals surface area (Å²) in [6.45, 7) is 8.05. The number of hydrogen-bond acceptors (Lipinski definition) is 6. The van der Waals surface area contributed by atoms with Gasteiger partial charge in [0, 0.05) is 0 Å². The Bertz CT molecular complexity index is 1500. The highest BCUT2D eigenvalue weighted by Gasteiger charge is 2.43. The fourth-order valence-corrected chi connectivity index (χ4v) is 4.48. The summed E-state index contributed by atoms with van der Waals surface area (Å²) < 4.78 is 22.8. The second-order valence-electron chi connectivity index (χ2n) is 8.53. The molecule has 2 aromatic carbocycles. The number of methoxy groups -OCH3 is 1. The van der Waals surface area contributed by atoms with Crippen LogP contribution < -0.4 is 14.9 Å². The van der Waals surface area contributed by atoms with E-state index in [1.165, 1.54) is 0 Å². The second-order valence-corrected chi connectivity index (χ2v) is 8.53. The minimum Gasteiger partial charge on any atom is -0.493 e. The summed E-state index contributed by atoms with van der Waals surface area (Å²) in [5.41, 5.74) is 3.13. The van der Waals surface area contributed by atoms with Crippen LogP contribution in [0.2, 0.25) is 0 Å². The van der Waals surface area contributed by atoms with Gasteiger partial charge in [-0.15, -0.1) is 0 Å². The number of hydrogen-bond donors (Lipinski definition) is 0. The first-order valence-electron chi connectivity index (χ1n) is 11.3. The highest BCUT2D eigenvalue weighted by Crippen LogP contribution is 2.42. The Balaban J connectivity index is 1.72. The number of carbonyl (C=O) groups excluding carboxylic acids is 1. The van der Waals surface area contributed by atoms with Crippen molar-refractivity contribution in [3.63, 3.8) is 0 Å². The zero-order chi connectivity index (χ0) is 24.7. The van der Waals surface area contributed by atoms with Gasteiger partial charge < -0.3 is 23.2 Å². The SMILES string of the molecule is C=CCOc1ccc(C2c3c(oc4cc(C)c(C)cc4c3=O)C(=O)N2Cc2ccco2)cc1OC. The van der Waals surface area contributed by atoms with Crippen LogP contribution in [-0.4, -0.2) is 24.5 Å². The van der Waals surface area contributed by atoms with Crippen molar-refractivity contribution in [2.75, 3.05) is 13.7 Å². The Kier molecular flexibility index (Phi) is 5.68. The number of furan rings is 1. The van der Waals surface area contributed by atoms with Gasteiger partial charge >= 0.3 is 0 Å². The average Bonchev–Trinajstić information content (AvgIpc) is 3.46. The van der Waals surface area contributed by atoms with Crippen molar-refractivity contribution < 1.29 is 23.1 Å². The van der Waals surface area contributed by atoms with Crippen LogP contribution in [0.1, 0.15) is 44.6 Å². The van der Waals surface area contributed by atoms with Crippen molar-refractivity contribution >= 4 is 16.9 Å². The molecular weight excluding hydrogens is 446 g/mol. The summed E-state index contributed by atoms with van der Waals surface area (Å²) in [4.78, 5) is 29.0.